The van der Waals surface area contributed by atoms with Crippen molar-refractivity contribution >= 4 is 52.8 Å². The predicted octanol–water partition coefficient (Wildman–Crippen LogP) is 4.38. The maximum Gasteiger partial charge on any atom is 0.352 e. The Hall–Kier alpha value is -1.70. The Morgan fingerprint density at radius 1 is 1.35 bits per heavy atom. The fourth-order valence-electron chi connectivity index (χ4n) is 1.97. The SMILES string of the molecule is CCOC(=O)c1sc(=S)n(CC)c1NC(=O)c1ccccc1Cl. The van der Waals surface area contributed by atoms with Crippen LogP contribution in [0.15, 0.2) is 24.3 Å². The first-order valence-corrected chi connectivity index (χ1v) is 8.56. The molecular weight excluding hydrogens is 356 g/mol. The van der Waals surface area contributed by atoms with Crippen molar-refractivity contribution in [3.8, 4) is 0 Å². The highest BCUT2D eigenvalue weighted by Crippen LogP contribution is 2.27. The Labute approximate surface area is 147 Å². The number of halogens is 1. The number of benzene rings is 1. The molecule has 0 aliphatic carbocycles. The van der Waals surface area contributed by atoms with E-state index in [0.717, 1.165) is 11.3 Å². The lowest BCUT2D eigenvalue weighted by Crippen LogP contribution is -2.18. The van der Waals surface area contributed by atoms with E-state index in [1.165, 1.54) is 0 Å². The number of esters is 1. The third-order valence-electron chi connectivity index (χ3n) is 3.02. The molecular formula is C15H15ClN2O3S2. The van der Waals surface area contributed by atoms with E-state index in [9.17, 15) is 9.59 Å². The van der Waals surface area contributed by atoms with Crippen LogP contribution in [0.3, 0.4) is 0 Å². The van der Waals surface area contributed by atoms with E-state index in [-0.39, 0.29) is 11.5 Å². The summed E-state index contributed by atoms with van der Waals surface area (Å²) >= 11 is 12.4. The number of aromatic nitrogens is 1. The summed E-state index contributed by atoms with van der Waals surface area (Å²) in [7, 11) is 0. The summed E-state index contributed by atoms with van der Waals surface area (Å²) in [6.45, 7) is 4.36. The molecule has 0 bridgehead atoms. The summed E-state index contributed by atoms with van der Waals surface area (Å²) < 4.78 is 7.20. The highest BCUT2D eigenvalue weighted by molar-refractivity contribution is 7.73. The van der Waals surface area contributed by atoms with Gasteiger partial charge in [0.2, 0.25) is 0 Å². The summed E-state index contributed by atoms with van der Waals surface area (Å²) in [5, 5.41) is 3.06. The van der Waals surface area contributed by atoms with Gasteiger partial charge in [-0.15, -0.1) is 0 Å². The summed E-state index contributed by atoms with van der Waals surface area (Å²) in [6, 6.07) is 6.69. The van der Waals surface area contributed by atoms with Crippen LogP contribution in [0.2, 0.25) is 5.02 Å². The van der Waals surface area contributed by atoms with Crippen molar-refractivity contribution in [2.24, 2.45) is 0 Å². The van der Waals surface area contributed by atoms with Gasteiger partial charge in [-0.1, -0.05) is 35.1 Å². The van der Waals surface area contributed by atoms with Gasteiger partial charge in [0.05, 0.1) is 17.2 Å². The molecule has 0 saturated heterocycles. The van der Waals surface area contributed by atoms with E-state index in [1.54, 1.807) is 35.8 Å². The molecule has 1 N–H and O–H groups in total. The normalized spacial score (nSPS) is 10.4. The summed E-state index contributed by atoms with van der Waals surface area (Å²) in [6.07, 6.45) is 0. The van der Waals surface area contributed by atoms with Crippen molar-refractivity contribution in [2.75, 3.05) is 11.9 Å². The molecule has 0 atom stereocenters. The first-order valence-electron chi connectivity index (χ1n) is 6.96. The molecule has 2 rings (SSSR count). The average molecular weight is 371 g/mol. The van der Waals surface area contributed by atoms with Crippen LogP contribution in [0.5, 0.6) is 0 Å². The second-order valence-corrected chi connectivity index (χ2v) is 6.50. The molecule has 0 fully saturated rings. The van der Waals surface area contributed by atoms with E-state index in [1.807, 2.05) is 6.92 Å². The number of thiazole rings is 1. The molecule has 0 radical (unpaired) electrons. The number of carbonyl (C=O) groups excluding carboxylic acids is 2. The smallest absolute Gasteiger partial charge is 0.352 e. The first kappa shape index (κ1) is 17.7. The van der Waals surface area contributed by atoms with E-state index < -0.39 is 11.9 Å². The molecule has 23 heavy (non-hydrogen) atoms. The van der Waals surface area contributed by atoms with E-state index in [4.69, 9.17) is 28.6 Å². The van der Waals surface area contributed by atoms with Crippen LogP contribution in [0.25, 0.3) is 0 Å². The van der Waals surface area contributed by atoms with E-state index >= 15 is 0 Å². The third kappa shape index (κ3) is 3.80. The summed E-state index contributed by atoms with van der Waals surface area (Å²) in [5.74, 6) is -0.577. The van der Waals surface area contributed by atoms with Gasteiger partial charge in [0, 0.05) is 6.54 Å². The molecule has 1 aromatic heterocycles. The number of nitrogens with zero attached hydrogens (tertiary/aromatic N) is 1. The molecule has 0 saturated carbocycles. The molecule has 1 aromatic carbocycles. The number of amides is 1. The van der Waals surface area contributed by atoms with Gasteiger partial charge < -0.3 is 14.6 Å². The van der Waals surface area contributed by atoms with Gasteiger partial charge in [-0.3, -0.25) is 4.79 Å². The van der Waals surface area contributed by atoms with Crippen molar-refractivity contribution in [3.63, 3.8) is 0 Å². The quantitative estimate of drug-likeness (QED) is 0.626. The van der Waals surface area contributed by atoms with Crippen LogP contribution in [0.4, 0.5) is 5.82 Å². The Balaban J connectivity index is 2.42. The number of carbonyl (C=O) groups is 2. The molecule has 5 nitrogen and oxygen atoms in total. The Kier molecular flexibility index (Phi) is 5.92. The highest BCUT2D eigenvalue weighted by Gasteiger charge is 2.22. The van der Waals surface area contributed by atoms with Crippen LogP contribution in [-0.2, 0) is 11.3 Å². The fourth-order valence-corrected chi connectivity index (χ4v) is 3.57. The number of hydrogen-bond acceptors (Lipinski definition) is 5. The molecule has 122 valence electrons. The lowest BCUT2D eigenvalue weighted by atomic mass is 10.2. The predicted molar refractivity (Wildman–Crippen MR) is 94.2 cm³/mol. The minimum absolute atomic E-state index is 0.244. The van der Waals surface area contributed by atoms with Gasteiger partial charge in [0.1, 0.15) is 5.82 Å². The van der Waals surface area contributed by atoms with Gasteiger partial charge in [-0.05, 0) is 38.2 Å². The maximum atomic E-state index is 12.5. The number of nitrogens with one attached hydrogen (secondary N) is 1. The number of hydrogen-bond donors (Lipinski definition) is 1. The average Bonchev–Trinajstić information content (AvgIpc) is 2.83. The van der Waals surface area contributed by atoms with Crippen LogP contribution >= 0.6 is 35.2 Å². The standard InChI is InChI=1S/C15H15ClN2O3S2/c1-3-18-12(11(23-15(18)22)14(20)21-4-2)17-13(19)9-7-5-6-8-10(9)16/h5-8H,3-4H2,1-2H3,(H,17,19). The zero-order valence-electron chi connectivity index (χ0n) is 12.6. The minimum Gasteiger partial charge on any atom is -0.462 e. The molecule has 1 heterocycles. The zero-order valence-corrected chi connectivity index (χ0v) is 15.0. The van der Waals surface area contributed by atoms with Crippen molar-refractivity contribution in [3.05, 3.63) is 43.7 Å². The topological polar surface area (TPSA) is 60.3 Å². The lowest BCUT2D eigenvalue weighted by molar-refractivity contribution is 0.0532. The van der Waals surface area contributed by atoms with Gasteiger partial charge in [-0.25, -0.2) is 4.79 Å². The lowest BCUT2D eigenvalue weighted by Gasteiger charge is -2.11. The fraction of sp³-hybridized carbons (Fsp3) is 0.267. The molecule has 0 aliphatic heterocycles. The largest absolute Gasteiger partial charge is 0.462 e. The molecule has 2 aromatic rings. The van der Waals surface area contributed by atoms with Crippen LogP contribution in [0, 0.1) is 3.95 Å². The Morgan fingerprint density at radius 2 is 2.04 bits per heavy atom. The molecule has 8 heteroatoms. The molecule has 1 amide bonds. The van der Waals surface area contributed by atoms with Crippen LogP contribution in [0.1, 0.15) is 33.9 Å². The van der Waals surface area contributed by atoms with Gasteiger partial charge >= 0.3 is 5.97 Å². The minimum atomic E-state index is -0.509. The Bertz CT molecular complexity index is 798. The monoisotopic (exact) mass is 370 g/mol. The van der Waals surface area contributed by atoms with Crippen molar-refractivity contribution < 1.29 is 14.3 Å². The van der Waals surface area contributed by atoms with Crippen molar-refractivity contribution in [2.45, 2.75) is 20.4 Å². The second kappa shape index (κ2) is 7.72. The number of rotatable bonds is 5. The van der Waals surface area contributed by atoms with E-state index in [0.29, 0.717) is 26.9 Å². The first-order chi connectivity index (χ1) is 11.0. The van der Waals surface area contributed by atoms with Crippen molar-refractivity contribution in [1.82, 2.24) is 4.57 Å². The second-order valence-electron chi connectivity index (χ2n) is 4.44. The van der Waals surface area contributed by atoms with Crippen molar-refractivity contribution in [1.29, 1.82) is 0 Å². The van der Waals surface area contributed by atoms with Crippen LogP contribution < -0.4 is 5.32 Å². The van der Waals surface area contributed by atoms with Gasteiger partial charge in [-0.2, -0.15) is 0 Å². The van der Waals surface area contributed by atoms with Gasteiger partial charge in [0.25, 0.3) is 5.91 Å². The van der Waals surface area contributed by atoms with Crippen LogP contribution in [-0.4, -0.2) is 23.1 Å². The zero-order chi connectivity index (χ0) is 17.0. The summed E-state index contributed by atoms with van der Waals surface area (Å²) in [5.41, 5.74) is 0.323. The third-order valence-corrected chi connectivity index (χ3v) is 4.78. The maximum absolute atomic E-state index is 12.5. The molecule has 0 unspecified atom stereocenters. The molecule has 0 spiro atoms. The van der Waals surface area contributed by atoms with E-state index in [2.05, 4.69) is 5.32 Å². The summed E-state index contributed by atoms with van der Waals surface area (Å²) in [4.78, 5) is 24.8. The highest BCUT2D eigenvalue weighted by atomic mass is 35.5. The van der Waals surface area contributed by atoms with Gasteiger partial charge in [0.15, 0.2) is 8.83 Å². The Morgan fingerprint density at radius 3 is 2.65 bits per heavy atom. The molecule has 0 aliphatic rings. The number of ether oxygens (including phenoxy) is 1. The number of anilines is 1.